The first-order chi connectivity index (χ1) is 21.7. The van der Waals surface area contributed by atoms with E-state index in [0.29, 0.717) is 52.9 Å². The number of fused-ring (bicyclic) bond motifs is 1. The molecule has 0 unspecified atom stereocenters. The van der Waals surface area contributed by atoms with Crippen LogP contribution in [0.4, 0.5) is 10.8 Å². The fourth-order valence-electron chi connectivity index (χ4n) is 7.42. The van der Waals surface area contributed by atoms with E-state index in [4.69, 9.17) is 25.0 Å². The zero-order valence-corrected chi connectivity index (χ0v) is 27.9. The molecule has 242 valence electrons. The number of nitrogens with two attached hydrogens (primary N) is 1. The molecule has 5 heterocycles. The molecule has 3 N–H and O–H groups in total. The summed E-state index contributed by atoms with van der Waals surface area (Å²) in [5, 5.41) is 26.1. The predicted molar refractivity (Wildman–Crippen MR) is 176 cm³/mol. The average Bonchev–Trinajstić information content (AvgIpc) is 3.80. The van der Waals surface area contributed by atoms with Crippen LogP contribution in [0.1, 0.15) is 85.6 Å². The van der Waals surface area contributed by atoms with Gasteiger partial charge < -0.3 is 29.9 Å². The van der Waals surface area contributed by atoms with E-state index in [9.17, 15) is 10.4 Å². The van der Waals surface area contributed by atoms with Crippen LogP contribution < -0.4 is 15.4 Å². The van der Waals surface area contributed by atoms with Crippen molar-refractivity contribution >= 4 is 22.2 Å². The average molecular weight is 635 g/mol. The minimum absolute atomic E-state index is 0.00881. The number of β-amino-alcohol motifs (C(OH)–C–C–N with tert-alkyl or cyclic N) is 1. The van der Waals surface area contributed by atoms with Gasteiger partial charge in [0.15, 0.2) is 11.5 Å². The van der Waals surface area contributed by atoms with Crippen molar-refractivity contribution in [3.63, 3.8) is 0 Å². The van der Waals surface area contributed by atoms with Gasteiger partial charge in [0.25, 0.3) is 0 Å². The molecule has 3 aromatic rings. The molecule has 5 atom stereocenters. The number of nitrogen functional groups attached to an aromatic ring is 1. The highest BCUT2D eigenvalue weighted by atomic mass is 32.1. The third-order valence-electron chi connectivity index (χ3n) is 9.89. The molecule has 0 radical (unpaired) electrons. The molecule has 3 aromatic heterocycles. The highest BCUT2D eigenvalue weighted by Gasteiger charge is 2.37. The van der Waals surface area contributed by atoms with Crippen molar-refractivity contribution in [2.24, 2.45) is 0 Å². The second-order valence-corrected chi connectivity index (χ2v) is 14.3. The number of rotatable bonds is 10. The van der Waals surface area contributed by atoms with Crippen molar-refractivity contribution < 1.29 is 14.4 Å². The Morgan fingerprint density at radius 2 is 2.09 bits per heavy atom. The number of unbranched alkanes of at least 4 members (excludes halogenated alkanes) is 1. The number of nitriles is 1. The zero-order chi connectivity index (χ0) is 31.8. The van der Waals surface area contributed by atoms with Gasteiger partial charge in [-0.1, -0.05) is 18.5 Å². The van der Waals surface area contributed by atoms with Gasteiger partial charge in [-0.05, 0) is 85.1 Å². The first-order valence-electron chi connectivity index (χ1n) is 16.3. The van der Waals surface area contributed by atoms with Crippen LogP contribution in [0.5, 0.6) is 5.88 Å². The normalized spacial score (nSPS) is 24.3. The van der Waals surface area contributed by atoms with Crippen LogP contribution in [0.15, 0.2) is 10.6 Å². The molecule has 1 aliphatic carbocycles. The number of aryl methyl sites for hydroxylation is 1. The third kappa shape index (κ3) is 6.15. The fourth-order valence-corrected chi connectivity index (χ4v) is 8.55. The summed E-state index contributed by atoms with van der Waals surface area (Å²) in [4.78, 5) is 17.7. The van der Waals surface area contributed by atoms with Crippen LogP contribution in [0.25, 0.3) is 11.5 Å². The minimum Gasteiger partial charge on any atom is -0.473 e. The number of likely N-dealkylation sites (N-methyl/N-ethyl adjacent to an activating group) is 2. The van der Waals surface area contributed by atoms with Gasteiger partial charge in [0, 0.05) is 41.6 Å². The van der Waals surface area contributed by atoms with Crippen molar-refractivity contribution in [2.45, 2.75) is 95.4 Å². The molecule has 45 heavy (non-hydrogen) atoms. The number of aliphatic hydroxyl groups is 1. The Kier molecular flexibility index (Phi) is 9.34. The molecule has 0 aromatic carbocycles. The maximum absolute atomic E-state index is 10.9. The Morgan fingerprint density at radius 1 is 1.27 bits per heavy atom. The lowest BCUT2D eigenvalue weighted by molar-refractivity contribution is 0.114. The Hall–Kier alpha value is -3.24. The standard InChI is InChI=1S/C33H46N8O3S/c1-6-7-10-21-30(38-44-31(21)20-11-8-13-26-29(20)22(16-34)32(35)45-26)33-36-27(41-17-24(39(3)4)25(42)18-41)15-28(37-33)43-19(2)23-12-9-14-40(23)5/h15,19-20,23-25,42H,6-14,17-18,35H2,1-5H3/t19-,20-,23-,24+,25-/m0/s1. The lowest BCUT2D eigenvalue weighted by atomic mass is 9.81. The number of aromatic nitrogens is 3. The van der Waals surface area contributed by atoms with Crippen LogP contribution in [-0.4, -0.2) is 95.1 Å². The molecular weight excluding hydrogens is 588 g/mol. The number of anilines is 2. The van der Waals surface area contributed by atoms with Gasteiger partial charge >= 0.3 is 0 Å². The number of nitrogens with zero attached hydrogens (tertiary/aromatic N) is 7. The number of ether oxygens (including phenoxy) is 1. The van der Waals surface area contributed by atoms with Crippen LogP contribution in [0.2, 0.25) is 0 Å². The van der Waals surface area contributed by atoms with Gasteiger partial charge in [-0.25, -0.2) is 4.98 Å². The van der Waals surface area contributed by atoms with Crippen LogP contribution in [0, 0.1) is 11.3 Å². The van der Waals surface area contributed by atoms with Crippen molar-refractivity contribution in [1.29, 1.82) is 5.26 Å². The van der Waals surface area contributed by atoms with Gasteiger partial charge in [0.05, 0.1) is 17.7 Å². The van der Waals surface area contributed by atoms with Gasteiger partial charge in [-0.3, -0.25) is 4.90 Å². The molecule has 0 amide bonds. The highest BCUT2D eigenvalue weighted by molar-refractivity contribution is 7.16. The lowest BCUT2D eigenvalue weighted by Gasteiger charge is -2.27. The number of thiophene rings is 1. The number of likely N-dealkylation sites (tertiary alicyclic amines) is 1. The largest absolute Gasteiger partial charge is 0.473 e. The van der Waals surface area contributed by atoms with E-state index in [1.54, 1.807) is 0 Å². The minimum atomic E-state index is -0.500. The van der Waals surface area contributed by atoms with E-state index < -0.39 is 6.10 Å². The number of aliphatic hydroxyl groups excluding tert-OH is 1. The van der Waals surface area contributed by atoms with Crippen LogP contribution in [-0.2, 0) is 12.8 Å². The Morgan fingerprint density at radius 3 is 2.78 bits per heavy atom. The summed E-state index contributed by atoms with van der Waals surface area (Å²) >= 11 is 1.52. The van der Waals surface area contributed by atoms with Gasteiger partial charge in [0.2, 0.25) is 5.88 Å². The molecule has 0 saturated carbocycles. The van der Waals surface area contributed by atoms with Gasteiger partial charge in [-0.2, -0.15) is 10.2 Å². The molecular formula is C33H46N8O3S. The Labute approximate surface area is 270 Å². The van der Waals surface area contributed by atoms with E-state index in [1.165, 1.54) is 16.2 Å². The summed E-state index contributed by atoms with van der Waals surface area (Å²) in [5.41, 5.74) is 9.48. The molecule has 2 saturated heterocycles. The maximum Gasteiger partial charge on any atom is 0.219 e. The summed E-state index contributed by atoms with van der Waals surface area (Å²) in [6.45, 7) is 6.44. The van der Waals surface area contributed by atoms with E-state index >= 15 is 0 Å². The molecule has 0 spiro atoms. The van der Waals surface area contributed by atoms with Gasteiger partial charge in [0.1, 0.15) is 28.8 Å². The van der Waals surface area contributed by atoms with E-state index in [0.717, 1.165) is 74.8 Å². The van der Waals surface area contributed by atoms with Gasteiger partial charge in [-0.15, -0.1) is 11.3 Å². The number of hydrogen-bond donors (Lipinski definition) is 2. The first-order valence-corrected chi connectivity index (χ1v) is 17.2. The topological polar surface area (TPSA) is 141 Å². The van der Waals surface area contributed by atoms with Crippen molar-refractivity contribution in [3.05, 3.63) is 33.4 Å². The summed E-state index contributed by atoms with van der Waals surface area (Å²) in [6, 6.07) is 4.56. The third-order valence-corrected chi connectivity index (χ3v) is 11.0. The van der Waals surface area contributed by atoms with Crippen molar-refractivity contribution in [2.75, 3.05) is 51.4 Å². The molecule has 0 bridgehead atoms. The molecule has 3 aliphatic rings. The van der Waals surface area contributed by atoms with Crippen LogP contribution >= 0.6 is 11.3 Å². The predicted octanol–water partition coefficient (Wildman–Crippen LogP) is 4.43. The highest BCUT2D eigenvalue weighted by Crippen LogP contribution is 2.47. The summed E-state index contributed by atoms with van der Waals surface area (Å²) in [6.07, 6.45) is 7.18. The summed E-state index contributed by atoms with van der Waals surface area (Å²) in [7, 11) is 6.13. The summed E-state index contributed by atoms with van der Waals surface area (Å²) < 4.78 is 12.8. The Balaban J connectivity index is 1.42. The molecule has 6 rings (SSSR count). The quantitative estimate of drug-likeness (QED) is 0.327. The molecule has 2 aliphatic heterocycles. The Bertz CT molecular complexity index is 1550. The number of hydrogen-bond acceptors (Lipinski definition) is 12. The van der Waals surface area contributed by atoms with Crippen LogP contribution in [0.3, 0.4) is 0 Å². The fraction of sp³-hybridized carbons (Fsp3) is 0.636. The first kappa shape index (κ1) is 31.7. The maximum atomic E-state index is 10.9. The monoisotopic (exact) mass is 634 g/mol. The molecule has 12 heteroatoms. The lowest BCUT2D eigenvalue weighted by Crippen LogP contribution is -2.38. The van der Waals surface area contributed by atoms with Crippen molar-refractivity contribution in [3.8, 4) is 23.5 Å². The zero-order valence-electron chi connectivity index (χ0n) is 27.1. The molecule has 2 fully saturated rings. The van der Waals surface area contributed by atoms with E-state index in [1.807, 2.05) is 20.2 Å². The van der Waals surface area contributed by atoms with E-state index in [2.05, 4.69) is 46.8 Å². The summed E-state index contributed by atoms with van der Waals surface area (Å²) in [5.74, 6) is 2.36. The SMILES string of the molecule is CCCCc1c(-c2nc(O[C@@H](C)[C@@H]3CCCN3C)cc(N3C[C@@H](N(C)C)[C@@H](O)C3)n2)noc1[C@H]1CCCc2sc(N)c(C#N)c21. The second-order valence-electron chi connectivity index (χ2n) is 13.1. The molecule has 11 nitrogen and oxygen atoms in total. The van der Waals surface area contributed by atoms with Crippen molar-refractivity contribution in [1.82, 2.24) is 24.9 Å². The van der Waals surface area contributed by atoms with E-state index in [-0.39, 0.29) is 18.1 Å². The smallest absolute Gasteiger partial charge is 0.219 e. The second kappa shape index (κ2) is 13.2.